The molecule has 2 heterocycles. The van der Waals surface area contributed by atoms with E-state index in [1.807, 2.05) is 45.0 Å². The lowest BCUT2D eigenvalue weighted by Gasteiger charge is -2.42. The van der Waals surface area contributed by atoms with Gasteiger partial charge in [0.15, 0.2) is 0 Å². The quantitative estimate of drug-likeness (QED) is 0.584. The molecule has 0 spiro atoms. The Labute approximate surface area is 211 Å². The topological polar surface area (TPSA) is 109 Å². The van der Waals surface area contributed by atoms with E-state index in [-0.39, 0.29) is 55.2 Å². The van der Waals surface area contributed by atoms with Crippen molar-refractivity contribution in [3.63, 3.8) is 0 Å². The first-order valence-corrected chi connectivity index (χ1v) is 12.3. The monoisotopic (exact) mass is 494 g/mol. The summed E-state index contributed by atoms with van der Waals surface area (Å²) in [5.74, 6) is 0.130. The van der Waals surface area contributed by atoms with Gasteiger partial charge in [0, 0.05) is 24.5 Å². The van der Waals surface area contributed by atoms with E-state index >= 15 is 0 Å². The van der Waals surface area contributed by atoms with Gasteiger partial charge < -0.3 is 30.3 Å². The highest BCUT2D eigenvalue weighted by Gasteiger charge is 2.39. The molecule has 2 aliphatic rings. The third kappa shape index (κ3) is 5.96. The maximum absolute atomic E-state index is 13.4. The normalized spacial score (nSPS) is 21.4. The van der Waals surface area contributed by atoms with Crippen molar-refractivity contribution < 1.29 is 23.9 Å². The van der Waals surface area contributed by atoms with Crippen LogP contribution in [0.2, 0.25) is 0 Å². The lowest BCUT2D eigenvalue weighted by molar-refractivity contribution is -0.130. The summed E-state index contributed by atoms with van der Waals surface area (Å²) < 4.78 is 12.3. The van der Waals surface area contributed by atoms with Crippen LogP contribution in [0, 0.1) is 6.92 Å². The van der Waals surface area contributed by atoms with Crippen molar-refractivity contribution in [2.24, 2.45) is 0 Å². The number of anilines is 2. The van der Waals surface area contributed by atoms with E-state index in [1.165, 1.54) is 0 Å². The fourth-order valence-corrected chi connectivity index (χ4v) is 4.66. The first-order valence-electron chi connectivity index (χ1n) is 12.3. The Balaban J connectivity index is 1.42. The van der Waals surface area contributed by atoms with Crippen LogP contribution in [0.1, 0.15) is 49.0 Å². The third-order valence-electron chi connectivity index (χ3n) is 6.52. The average molecular weight is 495 g/mol. The summed E-state index contributed by atoms with van der Waals surface area (Å²) in [4.78, 5) is 39.8. The van der Waals surface area contributed by atoms with Gasteiger partial charge >= 0.3 is 6.03 Å². The lowest BCUT2D eigenvalue weighted by Crippen LogP contribution is -2.53. The number of carbonyl (C=O) groups excluding carboxylic acids is 3. The van der Waals surface area contributed by atoms with Gasteiger partial charge in [-0.3, -0.25) is 9.59 Å². The van der Waals surface area contributed by atoms with Crippen LogP contribution in [0.3, 0.4) is 0 Å². The zero-order valence-electron chi connectivity index (χ0n) is 21.2. The number of rotatable bonds is 5. The number of likely N-dealkylation sites (N-methyl/N-ethyl adjacent to an activating group) is 1. The van der Waals surface area contributed by atoms with Crippen LogP contribution in [0.15, 0.2) is 42.5 Å². The Hall–Kier alpha value is -3.59. The van der Waals surface area contributed by atoms with Gasteiger partial charge in [-0.1, -0.05) is 18.2 Å². The van der Waals surface area contributed by atoms with Crippen molar-refractivity contribution in [3.05, 3.63) is 53.6 Å². The molecule has 4 amide bonds. The average Bonchev–Trinajstić information content (AvgIpc) is 2.82. The van der Waals surface area contributed by atoms with Gasteiger partial charge in [0.2, 0.25) is 5.91 Å². The number of hydrogen-bond acceptors (Lipinski definition) is 5. The number of para-hydroxylation sites is 1. The number of fused-ring (bicyclic) bond motifs is 2. The molecular formula is C27H34N4O5. The molecule has 0 aliphatic carbocycles. The van der Waals surface area contributed by atoms with E-state index in [0.717, 1.165) is 11.3 Å². The Morgan fingerprint density at radius 1 is 1.11 bits per heavy atom. The fourth-order valence-electron chi connectivity index (χ4n) is 4.66. The summed E-state index contributed by atoms with van der Waals surface area (Å²) >= 11 is 0. The number of nitrogens with zero attached hydrogens (tertiary/aromatic N) is 1. The number of aryl methyl sites for hydroxylation is 1. The highest BCUT2D eigenvalue weighted by atomic mass is 16.5. The van der Waals surface area contributed by atoms with Gasteiger partial charge in [-0.2, -0.15) is 0 Å². The van der Waals surface area contributed by atoms with Gasteiger partial charge in [0.25, 0.3) is 5.91 Å². The molecule has 2 aromatic rings. The van der Waals surface area contributed by atoms with Crippen LogP contribution in [-0.2, 0) is 9.53 Å². The minimum atomic E-state index is -0.355. The number of amides is 4. The standard InChI is InChI=1S/C27H34N4O5/c1-16(2)28-27(34)29-18-9-12-23-20(13-18)26(33)31(4)22-11-10-19(36-24(22)15-35-23)14-25(32)30-21-8-6-5-7-17(21)3/h5-9,12-13,16,19,22,24H,10-11,14-15H2,1-4H3,(H,30,32)(H2,28,29,34)/t19-,22+,24-/m1/s1. The summed E-state index contributed by atoms with van der Waals surface area (Å²) in [6.07, 6.45) is 0.977. The van der Waals surface area contributed by atoms with Crippen molar-refractivity contribution in [1.82, 2.24) is 10.2 Å². The SMILES string of the molecule is Cc1ccccc1NC(=O)C[C@H]1CC[C@H]2[C@@H](COc3ccc(NC(=O)NC(C)C)cc3C(=O)N2C)O1. The van der Waals surface area contributed by atoms with E-state index in [4.69, 9.17) is 9.47 Å². The molecule has 0 bridgehead atoms. The Morgan fingerprint density at radius 3 is 2.64 bits per heavy atom. The largest absolute Gasteiger partial charge is 0.490 e. The molecular weight excluding hydrogens is 460 g/mol. The molecule has 36 heavy (non-hydrogen) atoms. The summed E-state index contributed by atoms with van der Waals surface area (Å²) in [5.41, 5.74) is 2.69. The molecule has 2 aliphatic heterocycles. The Morgan fingerprint density at radius 2 is 1.89 bits per heavy atom. The Kier molecular flexibility index (Phi) is 7.79. The summed E-state index contributed by atoms with van der Waals surface area (Å²) in [6.45, 7) is 5.95. The van der Waals surface area contributed by atoms with Crippen LogP contribution in [0.5, 0.6) is 5.75 Å². The van der Waals surface area contributed by atoms with Crippen molar-refractivity contribution in [1.29, 1.82) is 0 Å². The van der Waals surface area contributed by atoms with Crippen LogP contribution in [0.25, 0.3) is 0 Å². The molecule has 0 unspecified atom stereocenters. The second-order valence-corrected chi connectivity index (χ2v) is 9.70. The van der Waals surface area contributed by atoms with E-state index in [0.29, 0.717) is 29.8 Å². The van der Waals surface area contributed by atoms with E-state index < -0.39 is 0 Å². The first kappa shape index (κ1) is 25.5. The second-order valence-electron chi connectivity index (χ2n) is 9.70. The molecule has 192 valence electrons. The van der Waals surface area contributed by atoms with Gasteiger partial charge in [0.05, 0.1) is 24.1 Å². The van der Waals surface area contributed by atoms with Gasteiger partial charge in [-0.25, -0.2) is 4.79 Å². The van der Waals surface area contributed by atoms with Gasteiger partial charge in [0.1, 0.15) is 18.5 Å². The zero-order chi connectivity index (χ0) is 25.8. The maximum atomic E-state index is 13.4. The smallest absolute Gasteiger partial charge is 0.319 e. The maximum Gasteiger partial charge on any atom is 0.319 e. The van der Waals surface area contributed by atoms with Crippen LogP contribution < -0.4 is 20.7 Å². The van der Waals surface area contributed by atoms with Crippen molar-refractivity contribution in [3.8, 4) is 5.75 Å². The predicted octanol–water partition coefficient (Wildman–Crippen LogP) is 3.93. The summed E-state index contributed by atoms with van der Waals surface area (Å²) in [7, 11) is 1.76. The van der Waals surface area contributed by atoms with Crippen molar-refractivity contribution in [2.45, 2.75) is 64.3 Å². The first-order chi connectivity index (χ1) is 17.2. The number of hydrogen-bond donors (Lipinski definition) is 3. The predicted molar refractivity (Wildman–Crippen MR) is 137 cm³/mol. The van der Waals surface area contributed by atoms with Gasteiger partial charge in [-0.15, -0.1) is 0 Å². The van der Waals surface area contributed by atoms with Gasteiger partial charge in [-0.05, 0) is 63.4 Å². The number of benzene rings is 2. The molecule has 1 saturated heterocycles. The van der Waals surface area contributed by atoms with E-state index in [1.54, 1.807) is 30.1 Å². The second kappa shape index (κ2) is 11.0. The van der Waals surface area contributed by atoms with Crippen molar-refractivity contribution in [2.75, 3.05) is 24.3 Å². The van der Waals surface area contributed by atoms with E-state index in [9.17, 15) is 14.4 Å². The molecule has 3 N–H and O–H groups in total. The molecule has 9 heteroatoms. The van der Waals surface area contributed by atoms with Crippen LogP contribution in [0.4, 0.5) is 16.2 Å². The third-order valence-corrected chi connectivity index (χ3v) is 6.52. The number of carbonyl (C=O) groups is 3. The fraction of sp³-hybridized carbons (Fsp3) is 0.444. The molecule has 4 rings (SSSR count). The Bertz CT molecular complexity index is 1130. The minimum absolute atomic E-state index is 0.00831. The number of nitrogens with one attached hydrogen (secondary N) is 3. The number of urea groups is 1. The molecule has 3 atom stereocenters. The van der Waals surface area contributed by atoms with Crippen LogP contribution in [-0.4, -0.2) is 60.7 Å². The molecule has 0 radical (unpaired) electrons. The molecule has 0 saturated carbocycles. The highest BCUT2D eigenvalue weighted by Crippen LogP contribution is 2.32. The number of ether oxygens (including phenoxy) is 2. The van der Waals surface area contributed by atoms with Crippen LogP contribution >= 0.6 is 0 Å². The van der Waals surface area contributed by atoms with E-state index in [2.05, 4.69) is 16.0 Å². The van der Waals surface area contributed by atoms with Crippen molar-refractivity contribution >= 4 is 29.2 Å². The molecule has 1 fully saturated rings. The molecule has 0 aromatic heterocycles. The lowest BCUT2D eigenvalue weighted by atomic mass is 9.94. The molecule has 9 nitrogen and oxygen atoms in total. The highest BCUT2D eigenvalue weighted by molar-refractivity contribution is 5.99. The zero-order valence-corrected chi connectivity index (χ0v) is 21.2. The summed E-state index contributed by atoms with van der Waals surface area (Å²) in [5, 5.41) is 8.48. The molecule has 2 aromatic carbocycles. The minimum Gasteiger partial charge on any atom is -0.490 e. The summed E-state index contributed by atoms with van der Waals surface area (Å²) in [6, 6.07) is 12.1.